The molecule has 1 aromatic carbocycles. The molecule has 0 aromatic heterocycles. The van der Waals surface area contributed by atoms with Crippen molar-refractivity contribution in [2.24, 2.45) is 11.8 Å². The Labute approximate surface area is 186 Å². The van der Waals surface area contributed by atoms with E-state index in [1.807, 2.05) is 6.07 Å². The summed E-state index contributed by atoms with van der Waals surface area (Å²) in [5.74, 6) is -0.973. The number of nitrogens with one attached hydrogen (secondary N) is 1. The van der Waals surface area contributed by atoms with Crippen LogP contribution in [0, 0.1) is 11.8 Å². The summed E-state index contributed by atoms with van der Waals surface area (Å²) >= 11 is 0. The van der Waals surface area contributed by atoms with Crippen LogP contribution in [-0.4, -0.2) is 83.9 Å². The van der Waals surface area contributed by atoms with E-state index in [0.717, 1.165) is 56.2 Å². The van der Waals surface area contributed by atoms with Crippen LogP contribution in [0.4, 0.5) is 5.69 Å². The second-order valence-corrected chi connectivity index (χ2v) is 9.34. The molecule has 4 aliphatic heterocycles. The normalized spacial score (nSPS) is 25.2. The highest BCUT2D eigenvalue weighted by atomic mass is 16.3. The molecule has 0 aliphatic carbocycles. The molecule has 3 saturated heterocycles. The number of aliphatic hydroxyl groups excluding tert-OH is 1. The van der Waals surface area contributed by atoms with Gasteiger partial charge in [-0.3, -0.25) is 29.4 Å². The molecule has 1 unspecified atom stereocenters. The summed E-state index contributed by atoms with van der Waals surface area (Å²) in [7, 11) is 0. The Morgan fingerprint density at radius 2 is 1.72 bits per heavy atom. The van der Waals surface area contributed by atoms with Gasteiger partial charge in [0.25, 0.3) is 11.8 Å². The molecule has 1 aromatic rings. The molecule has 0 radical (unpaired) electrons. The van der Waals surface area contributed by atoms with E-state index in [9.17, 15) is 24.3 Å². The Morgan fingerprint density at radius 3 is 2.41 bits per heavy atom. The molecular weight excluding hydrogens is 412 g/mol. The summed E-state index contributed by atoms with van der Waals surface area (Å²) in [5.41, 5.74) is 1.43. The molecule has 4 amide bonds. The van der Waals surface area contributed by atoms with E-state index in [0.29, 0.717) is 23.0 Å². The number of rotatable bonds is 5. The minimum atomic E-state index is -0.945. The number of carbonyl (C=O) groups is 4. The number of anilines is 1. The molecule has 2 N–H and O–H groups in total. The Hall–Kier alpha value is -2.78. The minimum Gasteiger partial charge on any atom is -0.396 e. The first kappa shape index (κ1) is 21.1. The average Bonchev–Trinajstić information content (AvgIpc) is 3.02. The molecule has 170 valence electrons. The molecule has 3 fully saturated rings. The number of amides is 4. The first-order valence-electron chi connectivity index (χ1n) is 11.4. The van der Waals surface area contributed by atoms with E-state index >= 15 is 0 Å². The summed E-state index contributed by atoms with van der Waals surface area (Å²) in [4.78, 5) is 55.6. The van der Waals surface area contributed by atoms with Gasteiger partial charge in [0.15, 0.2) is 0 Å². The van der Waals surface area contributed by atoms with E-state index < -0.39 is 23.8 Å². The molecule has 9 heteroatoms. The number of piperidine rings is 2. The SMILES string of the molecule is O=C1CCC(N2C(=O)c3cccc(N4CC(CN5CCC(CO)CC5)C4)c3C2=O)C(=O)N1. The Morgan fingerprint density at radius 1 is 0.969 bits per heavy atom. The van der Waals surface area contributed by atoms with Gasteiger partial charge in [-0.25, -0.2) is 0 Å². The number of carbonyl (C=O) groups excluding carboxylic acids is 4. The summed E-state index contributed by atoms with van der Waals surface area (Å²) in [6, 6.07) is 4.33. The fourth-order valence-corrected chi connectivity index (χ4v) is 5.36. The Balaban J connectivity index is 1.26. The largest absolute Gasteiger partial charge is 0.396 e. The Kier molecular flexibility index (Phi) is 5.46. The number of hydrogen-bond donors (Lipinski definition) is 2. The van der Waals surface area contributed by atoms with Crippen LogP contribution in [0.5, 0.6) is 0 Å². The van der Waals surface area contributed by atoms with Crippen molar-refractivity contribution in [3.8, 4) is 0 Å². The van der Waals surface area contributed by atoms with Gasteiger partial charge in [-0.15, -0.1) is 0 Å². The lowest BCUT2D eigenvalue weighted by Crippen LogP contribution is -2.54. The predicted octanol–water partition coefficient (Wildman–Crippen LogP) is 0.228. The van der Waals surface area contributed by atoms with E-state index in [4.69, 9.17) is 0 Å². The van der Waals surface area contributed by atoms with Crippen LogP contribution in [0.2, 0.25) is 0 Å². The van der Waals surface area contributed by atoms with Crippen LogP contribution in [0.15, 0.2) is 18.2 Å². The zero-order chi connectivity index (χ0) is 22.4. The van der Waals surface area contributed by atoms with E-state index in [2.05, 4.69) is 15.1 Å². The van der Waals surface area contributed by atoms with Gasteiger partial charge in [0.05, 0.1) is 16.8 Å². The highest BCUT2D eigenvalue weighted by molar-refractivity contribution is 6.25. The van der Waals surface area contributed by atoms with Crippen LogP contribution in [0.25, 0.3) is 0 Å². The fourth-order valence-electron chi connectivity index (χ4n) is 5.36. The van der Waals surface area contributed by atoms with Gasteiger partial charge in [-0.1, -0.05) is 6.07 Å². The summed E-state index contributed by atoms with van der Waals surface area (Å²) in [6.07, 6.45) is 2.34. The molecule has 0 spiro atoms. The first-order chi connectivity index (χ1) is 15.5. The van der Waals surface area contributed by atoms with Gasteiger partial charge in [-0.05, 0) is 50.4 Å². The molecule has 0 saturated carbocycles. The number of imide groups is 2. The lowest BCUT2D eigenvalue weighted by atomic mass is 9.93. The van der Waals surface area contributed by atoms with Crippen molar-refractivity contribution >= 4 is 29.3 Å². The fraction of sp³-hybridized carbons (Fsp3) is 0.565. The van der Waals surface area contributed by atoms with Crippen LogP contribution < -0.4 is 10.2 Å². The lowest BCUT2D eigenvalue weighted by molar-refractivity contribution is -0.136. The molecule has 9 nitrogen and oxygen atoms in total. The van der Waals surface area contributed by atoms with Crippen molar-refractivity contribution in [3.05, 3.63) is 29.3 Å². The standard InChI is InChI=1S/C23H28N4O5/c28-13-14-6-8-25(9-7-14)10-15-11-26(12-15)17-3-1-2-16-20(17)23(32)27(22(16)31)18-4-5-19(29)24-21(18)30/h1-3,14-15,18,28H,4-13H2,(H,24,29,30). The van der Waals surface area contributed by atoms with E-state index in [1.165, 1.54) is 0 Å². The van der Waals surface area contributed by atoms with Gasteiger partial charge in [0.1, 0.15) is 6.04 Å². The van der Waals surface area contributed by atoms with Gasteiger partial charge in [-0.2, -0.15) is 0 Å². The second-order valence-electron chi connectivity index (χ2n) is 9.34. The smallest absolute Gasteiger partial charge is 0.264 e. The van der Waals surface area contributed by atoms with Crippen molar-refractivity contribution in [2.45, 2.75) is 31.7 Å². The summed E-state index contributed by atoms with van der Waals surface area (Å²) < 4.78 is 0. The van der Waals surface area contributed by atoms with Crippen molar-refractivity contribution in [3.63, 3.8) is 0 Å². The minimum absolute atomic E-state index is 0.111. The third-order valence-corrected chi connectivity index (χ3v) is 7.23. The highest BCUT2D eigenvalue weighted by Gasteiger charge is 2.46. The number of fused-ring (bicyclic) bond motifs is 1. The van der Waals surface area contributed by atoms with Crippen LogP contribution >= 0.6 is 0 Å². The first-order valence-corrected chi connectivity index (χ1v) is 11.4. The third kappa shape index (κ3) is 3.59. The maximum atomic E-state index is 13.2. The second kappa shape index (κ2) is 8.29. The number of benzene rings is 1. The van der Waals surface area contributed by atoms with Crippen molar-refractivity contribution < 1.29 is 24.3 Å². The zero-order valence-corrected chi connectivity index (χ0v) is 18.0. The molecule has 1 atom stereocenters. The molecule has 4 aliphatic rings. The van der Waals surface area contributed by atoms with Gasteiger partial charge >= 0.3 is 0 Å². The number of hydrogen-bond acceptors (Lipinski definition) is 7. The van der Waals surface area contributed by atoms with E-state index in [-0.39, 0.29) is 25.4 Å². The average molecular weight is 441 g/mol. The van der Waals surface area contributed by atoms with Crippen LogP contribution in [0.3, 0.4) is 0 Å². The van der Waals surface area contributed by atoms with Crippen LogP contribution in [-0.2, 0) is 9.59 Å². The maximum absolute atomic E-state index is 13.2. The number of likely N-dealkylation sites (tertiary alicyclic amines) is 1. The molecule has 4 heterocycles. The van der Waals surface area contributed by atoms with Gasteiger partial charge in [0.2, 0.25) is 11.8 Å². The van der Waals surface area contributed by atoms with Gasteiger partial charge < -0.3 is 14.9 Å². The topological polar surface area (TPSA) is 110 Å². The third-order valence-electron chi connectivity index (χ3n) is 7.23. The number of nitrogens with zero attached hydrogens (tertiary/aromatic N) is 3. The summed E-state index contributed by atoms with van der Waals surface area (Å²) in [5, 5.41) is 11.5. The van der Waals surface area contributed by atoms with Crippen molar-refractivity contribution in [2.75, 3.05) is 44.2 Å². The quantitative estimate of drug-likeness (QED) is 0.631. The molecular formula is C23H28N4O5. The number of aliphatic hydroxyl groups is 1. The van der Waals surface area contributed by atoms with Crippen molar-refractivity contribution in [1.82, 2.24) is 15.1 Å². The summed E-state index contributed by atoms with van der Waals surface area (Å²) in [6.45, 7) is 4.92. The predicted molar refractivity (Wildman–Crippen MR) is 115 cm³/mol. The highest BCUT2D eigenvalue weighted by Crippen LogP contribution is 2.37. The molecule has 32 heavy (non-hydrogen) atoms. The lowest BCUT2D eigenvalue weighted by Gasteiger charge is -2.44. The molecule has 0 bridgehead atoms. The van der Waals surface area contributed by atoms with Crippen LogP contribution in [0.1, 0.15) is 46.4 Å². The van der Waals surface area contributed by atoms with Crippen molar-refractivity contribution in [1.29, 1.82) is 0 Å². The van der Waals surface area contributed by atoms with E-state index in [1.54, 1.807) is 12.1 Å². The Bertz CT molecular complexity index is 965. The zero-order valence-electron chi connectivity index (χ0n) is 18.0. The maximum Gasteiger partial charge on any atom is 0.264 e. The monoisotopic (exact) mass is 440 g/mol. The molecule has 5 rings (SSSR count). The van der Waals surface area contributed by atoms with Gasteiger partial charge in [0, 0.05) is 38.6 Å².